The van der Waals surface area contributed by atoms with Crippen LogP contribution in [-0.2, 0) is 0 Å². The standard InChI is InChI=1S/C13H12FN3O2/c1-9(10-3-2-6-15-8-10)16-13-7-11(17(18)19)4-5-12(13)14/h2-9,16H,1H3. The lowest BCUT2D eigenvalue weighted by Gasteiger charge is -2.15. The van der Waals surface area contributed by atoms with Crippen molar-refractivity contribution in [2.75, 3.05) is 5.32 Å². The molecule has 0 fully saturated rings. The fourth-order valence-corrected chi connectivity index (χ4v) is 1.69. The van der Waals surface area contributed by atoms with Crippen molar-refractivity contribution in [2.45, 2.75) is 13.0 Å². The molecule has 0 aliphatic heterocycles. The zero-order valence-corrected chi connectivity index (χ0v) is 10.2. The molecule has 19 heavy (non-hydrogen) atoms. The van der Waals surface area contributed by atoms with Crippen LogP contribution < -0.4 is 5.32 Å². The van der Waals surface area contributed by atoms with Crippen LogP contribution in [0.25, 0.3) is 0 Å². The summed E-state index contributed by atoms with van der Waals surface area (Å²) in [6.07, 6.45) is 3.30. The van der Waals surface area contributed by atoms with E-state index in [9.17, 15) is 14.5 Å². The van der Waals surface area contributed by atoms with Crippen LogP contribution in [0.15, 0.2) is 42.7 Å². The Kier molecular flexibility index (Phi) is 3.70. The predicted octanol–water partition coefficient (Wildman–Crippen LogP) is 3.30. The van der Waals surface area contributed by atoms with Gasteiger partial charge in [-0.3, -0.25) is 15.1 Å². The molecular formula is C13H12FN3O2. The number of rotatable bonds is 4. The number of nitro groups is 1. The van der Waals surface area contributed by atoms with Crippen LogP contribution in [0.5, 0.6) is 0 Å². The molecule has 0 saturated heterocycles. The van der Waals surface area contributed by atoms with Crippen LogP contribution in [0, 0.1) is 15.9 Å². The SMILES string of the molecule is CC(Nc1cc([N+](=O)[O-])ccc1F)c1cccnc1. The first-order valence-electron chi connectivity index (χ1n) is 5.68. The Morgan fingerprint density at radius 1 is 1.42 bits per heavy atom. The number of non-ortho nitro benzene ring substituents is 1. The summed E-state index contributed by atoms with van der Waals surface area (Å²) in [7, 11) is 0. The van der Waals surface area contributed by atoms with Gasteiger partial charge in [0, 0.05) is 24.5 Å². The summed E-state index contributed by atoms with van der Waals surface area (Å²) in [6.45, 7) is 1.83. The molecule has 1 unspecified atom stereocenters. The van der Waals surface area contributed by atoms with Crippen molar-refractivity contribution in [3.8, 4) is 0 Å². The van der Waals surface area contributed by atoms with Crippen molar-refractivity contribution in [2.24, 2.45) is 0 Å². The summed E-state index contributed by atoms with van der Waals surface area (Å²) in [5.41, 5.74) is 0.821. The highest BCUT2D eigenvalue weighted by Gasteiger charge is 2.13. The van der Waals surface area contributed by atoms with E-state index in [-0.39, 0.29) is 17.4 Å². The lowest BCUT2D eigenvalue weighted by molar-refractivity contribution is -0.384. The van der Waals surface area contributed by atoms with E-state index in [1.807, 2.05) is 13.0 Å². The van der Waals surface area contributed by atoms with Gasteiger partial charge in [-0.2, -0.15) is 0 Å². The normalized spacial score (nSPS) is 11.9. The van der Waals surface area contributed by atoms with Gasteiger partial charge in [0.1, 0.15) is 5.82 Å². The highest BCUT2D eigenvalue weighted by atomic mass is 19.1. The predicted molar refractivity (Wildman–Crippen MR) is 69.3 cm³/mol. The van der Waals surface area contributed by atoms with E-state index in [1.165, 1.54) is 6.07 Å². The molecule has 2 aromatic rings. The minimum atomic E-state index is -0.556. The van der Waals surface area contributed by atoms with Gasteiger partial charge >= 0.3 is 0 Å². The molecule has 1 atom stereocenters. The van der Waals surface area contributed by atoms with E-state index < -0.39 is 10.7 Å². The first kappa shape index (κ1) is 12.9. The van der Waals surface area contributed by atoms with Crippen LogP contribution in [-0.4, -0.2) is 9.91 Å². The highest BCUT2D eigenvalue weighted by molar-refractivity contribution is 5.53. The molecule has 6 heteroatoms. The maximum Gasteiger partial charge on any atom is 0.271 e. The molecule has 0 saturated carbocycles. The van der Waals surface area contributed by atoms with Gasteiger partial charge in [-0.15, -0.1) is 0 Å². The van der Waals surface area contributed by atoms with Crippen LogP contribution in [0.3, 0.4) is 0 Å². The number of aromatic nitrogens is 1. The molecule has 0 aliphatic carbocycles. The maximum atomic E-state index is 13.6. The lowest BCUT2D eigenvalue weighted by Crippen LogP contribution is -2.08. The van der Waals surface area contributed by atoms with Gasteiger partial charge in [0.05, 0.1) is 16.7 Å². The maximum absolute atomic E-state index is 13.6. The summed E-state index contributed by atoms with van der Waals surface area (Å²) in [4.78, 5) is 14.1. The van der Waals surface area contributed by atoms with E-state index >= 15 is 0 Å². The van der Waals surface area contributed by atoms with Crippen molar-refractivity contribution < 1.29 is 9.31 Å². The van der Waals surface area contributed by atoms with Gasteiger partial charge in [0.15, 0.2) is 0 Å². The van der Waals surface area contributed by atoms with Crippen molar-refractivity contribution >= 4 is 11.4 Å². The fourth-order valence-electron chi connectivity index (χ4n) is 1.69. The zero-order chi connectivity index (χ0) is 13.8. The number of hydrogen-bond donors (Lipinski definition) is 1. The largest absolute Gasteiger partial charge is 0.376 e. The Morgan fingerprint density at radius 2 is 2.21 bits per heavy atom. The molecule has 98 valence electrons. The molecule has 0 spiro atoms. The topological polar surface area (TPSA) is 68.1 Å². The van der Waals surface area contributed by atoms with Gasteiger partial charge in [-0.1, -0.05) is 6.07 Å². The quantitative estimate of drug-likeness (QED) is 0.677. The summed E-state index contributed by atoms with van der Waals surface area (Å²) in [5.74, 6) is -0.527. The van der Waals surface area contributed by atoms with Crippen LogP contribution >= 0.6 is 0 Å². The van der Waals surface area contributed by atoms with Crippen molar-refractivity contribution in [3.63, 3.8) is 0 Å². The lowest BCUT2D eigenvalue weighted by atomic mass is 10.1. The third kappa shape index (κ3) is 3.04. The number of nitrogens with zero attached hydrogens (tertiary/aromatic N) is 2. The Bertz CT molecular complexity index is 590. The number of nitrogens with one attached hydrogen (secondary N) is 1. The van der Waals surface area contributed by atoms with Gasteiger partial charge in [0.2, 0.25) is 0 Å². The third-order valence-corrected chi connectivity index (χ3v) is 2.72. The number of pyridine rings is 1. The second-order valence-electron chi connectivity index (χ2n) is 4.07. The molecule has 0 bridgehead atoms. The molecule has 1 heterocycles. The van der Waals surface area contributed by atoms with Crippen molar-refractivity contribution in [3.05, 3.63) is 64.2 Å². The molecule has 2 rings (SSSR count). The summed E-state index contributed by atoms with van der Waals surface area (Å²) < 4.78 is 13.6. The Hall–Kier alpha value is -2.50. The summed E-state index contributed by atoms with van der Waals surface area (Å²) >= 11 is 0. The molecule has 0 radical (unpaired) electrons. The number of benzene rings is 1. The second kappa shape index (κ2) is 5.43. The van der Waals surface area contributed by atoms with E-state index in [4.69, 9.17) is 0 Å². The van der Waals surface area contributed by atoms with Crippen LogP contribution in [0.1, 0.15) is 18.5 Å². The van der Waals surface area contributed by atoms with Gasteiger partial charge in [0.25, 0.3) is 5.69 Å². The smallest absolute Gasteiger partial charge is 0.271 e. The average Bonchev–Trinajstić information content (AvgIpc) is 2.42. The first-order valence-corrected chi connectivity index (χ1v) is 5.68. The van der Waals surface area contributed by atoms with Crippen LogP contribution in [0.2, 0.25) is 0 Å². The molecule has 5 nitrogen and oxygen atoms in total. The molecule has 1 N–H and O–H groups in total. The van der Waals surface area contributed by atoms with Gasteiger partial charge in [-0.05, 0) is 24.6 Å². The van der Waals surface area contributed by atoms with Crippen molar-refractivity contribution in [1.82, 2.24) is 4.98 Å². The molecular weight excluding hydrogens is 249 g/mol. The zero-order valence-electron chi connectivity index (χ0n) is 10.2. The minimum absolute atomic E-state index is 0.102. The average molecular weight is 261 g/mol. The second-order valence-corrected chi connectivity index (χ2v) is 4.07. The fraction of sp³-hybridized carbons (Fsp3) is 0.154. The Labute approximate surface area is 109 Å². The van der Waals surface area contributed by atoms with Crippen molar-refractivity contribution in [1.29, 1.82) is 0 Å². The van der Waals surface area contributed by atoms with Crippen LogP contribution in [0.4, 0.5) is 15.8 Å². The number of halogens is 1. The van der Waals surface area contributed by atoms with Gasteiger partial charge in [-0.25, -0.2) is 4.39 Å². The summed E-state index contributed by atoms with van der Waals surface area (Å²) in [6, 6.07) is 6.82. The number of nitro benzene ring substituents is 1. The monoisotopic (exact) mass is 261 g/mol. The number of hydrogen-bond acceptors (Lipinski definition) is 4. The highest BCUT2D eigenvalue weighted by Crippen LogP contribution is 2.25. The van der Waals surface area contributed by atoms with E-state index in [1.54, 1.807) is 18.5 Å². The Balaban J connectivity index is 2.23. The van der Waals surface area contributed by atoms with E-state index in [2.05, 4.69) is 10.3 Å². The first-order chi connectivity index (χ1) is 9.08. The molecule has 1 aromatic heterocycles. The molecule has 0 amide bonds. The Morgan fingerprint density at radius 3 is 2.84 bits per heavy atom. The summed E-state index contributed by atoms with van der Waals surface area (Å²) in [5, 5.41) is 13.6. The van der Waals surface area contributed by atoms with Gasteiger partial charge < -0.3 is 5.32 Å². The van der Waals surface area contributed by atoms with E-state index in [0.717, 1.165) is 17.7 Å². The molecule has 0 aliphatic rings. The van der Waals surface area contributed by atoms with E-state index in [0.29, 0.717) is 0 Å². The minimum Gasteiger partial charge on any atom is -0.376 e. The third-order valence-electron chi connectivity index (χ3n) is 2.72. The number of anilines is 1. The molecule has 1 aromatic carbocycles.